The predicted molar refractivity (Wildman–Crippen MR) is 115 cm³/mol. The molecule has 1 aromatic heterocycles. The molecule has 0 aliphatic rings. The molecule has 0 unspecified atom stereocenters. The Balaban J connectivity index is 1.94. The van der Waals surface area contributed by atoms with Gasteiger partial charge >= 0.3 is 14.1 Å². The third-order valence-corrected chi connectivity index (χ3v) is 10.0. The Bertz CT molecular complexity index is 1100. The van der Waals surface area contributed by atoms with Crippen molar-refractivity contribution in [2.45, 2.75) is 25.8 Å². The topological polar surface area (TPSA) is 55.2 Å². The van der Waals surface area contributed by atoms with Crippen LogP contribution in [0.2, 0.25) is 5.04 Å². The summed E-state index contributed by atoms with van der Waals surface area (Å²) in [6, 6.07) is 26.4. The average molecular weight is 390 g/mol. The largest absolute Gasteiger partial charge is 0.534 e. The van der Waals surface area contributed by atoms with Gasteiger partial charge in [0, 0.05) is 6.07 Å². The number of hydrogen-bond donors (Lipinski definition) is 1. The molecule has 0 spiro atoms. The van der Waals surface area contributed by atoms with E-state index in [2.05, 4.69) is 74.3 Å². The molecule has 4 rings (SSSR count). The van der Waals surface area contributed by atoms with Crippen LogP contribution >= 0.6 is 0 Å². The smallest absolute Gasteiger partial charge is 0.417 e. The van der Waals surface area contributed by atoms with Crippen LogP contribution in [-0.4, -0.2) is 13.3 Å². The molecular weight excluding hydrogens is 366 g/mol. The number of rotatable bonds is 4. The summed E-state index contributed by atoms with van der Waals surface area (Å²) in [7, 11) is -2.70. The third kappa shape index (κ3) is 3.08. The van der Waals surface area contributed by atoms with Crippen molar-refractivity contribution in [2.24, 2.45) is 0 Å². The standard InChI is InChI=1S/C23H23NO3Si/c1-23(2,3)28(18-10-6-4-7-11-18,19-12-8-5-9-13-19)27-17-14-15-20-21(16-17)26-22(25)24-20/h4-16H,1-3H3,(H,24,25). The van der Waals surface area contributed by atoms with Gasteiger partial charge in [-0.15, -0.1) is 0 Å². The second-order valence-corrected chi connectivity index (χ2v) is 12.2. The molecule has 0 atom stereocenters. The molecule has 142 valence electrons. The highest BCUT2D eigenvalue weighted by molar-refractivity contribution is 7.00. The van der Waals surface area contributed by atoms with Crippen LogP contribution in [-0.2, 0) is 0 Å². The number of oxazole rings is 1. The van der Waals surface area contributed by atoms with E-state index in [1.54, 1.807) is 6.07 Å². The maximum atomic E-state index is 11.5. The van der Waals surface area contributed by atoms with Gasteiger partial charge in [-0.2, -0.15) is 0 Å². The number of hydrogen-bond acceptors (Lipinski definition) is 3. The van der Waals surface area contributed by atoms with Gasteiger partial charge < -0.3 is 8.84 Å². The first-order valence-electron chi connectivity index (χ1n) is 9.33. The zero-order chi connectivity index (χ0) is 19.8. The van der Waals surface area contributed by atoms with Crippen LogP contribution in [0.4, 0.5) is 0 Å². The first-order chi connectivity index (χ1) is 13.4. The third-order valence-electron chi connectivity index (χ3n) is 5.08. The van der Waals surface area contributed by atoms with E-state index in [4.69, 9.17) is 8.84 Å². The fourth-order valence-electron chi connectivity index (χ4n) is 3.82. The van der Waals surface area contributed by atoms with Crippen LogP contribution in [0.15, 0.2) is 88.1 Å². The Morgan fingerprint density at radius 3 is 1.96 bits per heavy atom. The van der Waals surface area contributed by atoms with Crippen molar-refractivity contribution in [3.63, 3.8) is 0 Å². The fraction of sp³-hybridized carbons (Fsp3) is 0.174. The molecule has 1 heterocycles. The van der Waals surface area contributed by atoms with Gasteiger partial charge in [-0.1, -0.05) is 81.4 Å². The Morgan fingerprint density at radius 1 is 0.857 bits per heavy atom. The molecular formula is C23H23NO3Si. The van der Waals surface area contributed by atoms with Crippen molar-refractivity contribution in [1.29, 1.82) is 0 Å². The molecule has 0 aliphatic carbocycles. The molecule has 4 nitrogen and oxygen atoms in total. The van der Waals surface area contributed by atoms with Gasteiger partial charge in [-0.25, -0.2) is 4.79 Å². The molecule has 5 heteroatoms. The lowest BCUT2D eigenvalue weighted by atomic mass is 10.2. The highest BCUT2D eigenvalue weighted by atomic mass is 28.4. The van der Waals surface area contributed by atoms with E-state index in [9.17, 15) is 4.79 Å². The lowest BCUT2D eigenvalue weighted by molar-refractivity contribution is 0.505. The minimum atomic E-state index is -2.70. The molecule has 0 bridgehead atoms. The highest BCUT2D eigenvalue weighted by Crippen LogP contribution is 2.37. The number of fused-ring (bicyclic) bond motifs is 1. The second kappa shape index (κ2) is 6.84. The zero-order valence-electron chi connectivity index (χ0n) is 16.2. The molecule has 0 fully saturated rings. The second-order valence-electron chi connectivity index (χ2n) is 7.94. The Hall–Kier alpha value is -3.05. The normalized spacial score (nSPS) is 12.2. The van der Waals surface area contributed by atoms with Crippen LogP contribution in [0.5, 0.6) is 5.75 Å². The first-order valence-corrected chi connectivity index (χ1v) is 11.2. The molecule has 0 radical (unpaired) electrons. The maximum absolute atomic E-state index is 11.5. The summed E-state index contributed by atoms with van der Waals surface area (Å²) in [4.78, 5) is 14.2. The van der Waals surface area contributed by atoms with Crippen molar-refractivity contribution in [3.8, 4) is 5.75 Å². The molecule has 0 amide bonds. The average Bonchev–Trinajstić information content (AvgIpc) is 3.06. The van der Waals surface area contributed by atoms with Crippen molar-refractivity contribution < 1.29 is 8.84 Å². The Morgan fingerprint density at radius 2 is 1.43 bits per heavy atom. The number of benzene rings is 3. The Labute approximate surface area is 164 Å². The van der Waals surface area contributed by atoms with E-state index in [-0.39, 0.29) is 5.04 Å². The first kappa shape index (κ1) is 18.3. The molecule has 3 aromatic carbocycles. The summed E-state index contributed by atoms with van der Waals surface area (Å²) < 4.78 is 12.2. The van der Waals surface area contributed by atoms with E-state index in [0.717, 1.165) is 0 Å². The van der Waals surface area contributed by atoms with E-state index in [1.165, 1.54) is 10.4 Å². The van der Waals surface area contributed by atoms with Gasteiger partial charge in [0.15, 0.2) is 5.58 Å². The summed E-state index contributed by atoms with van der Waals surface area (Å²) in [6.07, 6.45) is 0. The molecule has 0 saturated heterocycles. The van der Waals surface area contributed by atoms with Crippen molar-refractivity contribution >= 4 is 29.8 Å². The van der Waals surface area contributed by atoms with Gasteiger partial charge in [-0.3, -0.25) is 4.98 Å². The number of aromatic amines is 1. The van der Waals surface area contributed by atoms with E-state index < -0.39 is 14.1 Å². The summed E-state index contributed by atoms with van der Waals surface area (Å²) in [6.45, 7) is 6.69. The van der Waals surface area contributed by atoms with E-state index in [1.807, 2.05) is 24.3 Å². The fourth-order valence-corrected chi connectivity index (χ4v) is 8.23. The SMILES string of the molecule is CC(C)(C)[Si](Oc1ccc2[nH]c(=O)oc2c1)(c1ccccc1)c1ccccc1. The number of H-pyrrole nitrogens is 1. The minimum absolute atomic E-state index is 0.135. The van der Waals surface area contributed by atoms with Crippen LogP contribution < -0.4 is 20.6 Å². The summed E-state index contributed by atoms with van der Waals surface area (Å²) >= 11 is 0. The Kier molecular flexibility index (Phi) is 4.47. The van der Waals surface area contributed by atoms with Gasteiger partial charge in [-0.05, 0) is 27.5 Å². The molecule has 0 saturated carbocycles. The van der Waals surface area contributed by atoms with Crippen LogP contribution in [0.1, 0.15) is 20.8 Å². The molecule has 0 aliphatic heterocycles. The predicted octanol–water partition coefficient (Wildman–Crippen LogP) is 4.06. The highest BCUT2D eigenvalue weighted by Gasteiger charge is 2.52. The van der Waals surface area contributed by atoms with Gasteiger partial charge in [0.25, 0.3) is 0 Å². The van der Waals surface area contributed by atoms with Gasteiger partial charge in [0.05, 0.1) is 5.52 Å². The number of aromatic nitrogens is 1. The monoisotopic (exact) mass is 389 g/mol. The van der Waals surface area contributed by atoms with Crippen molar-refractivity contribution in [2.75, 3.05) is 0 Å². The van der Waals surface area contributed by atoms with Crippen LogP contribution in [0.3, 0.4) is 0 Å². The van der Waals surface area contributed by atoms with Gasteiger partial charge in [0.1, 0.15) is 5.75 Å². The maximum Gasteiger partial charge on any atom is 0.417 e. The van der Waals surface area contributed by atoms with Crippen LogP contribution in [0.25, 0.3) is 11.1 Å². The van der Waals surface area contributed by atoms with Crippen molar-refractivity contribution in [1.82, 2.24) is 4.98 Å². The lowest BCUT2D eigenvalue weighted by Crippen LogP contribution is -2.68. The molecule has 1 N–H and O–H groups in total. The zero-order valence-corrected chi connectivity index (χ0v) is 17.2. The minimum Gasteiger partial charge on any atom is -0.534 e. The number of nitrogens with one attached hydrogen (secondary N) is 1. The summed E-state index contributed by atoms with van der Waals surface area (Å²) in [5.41, 5.74) is 1.17. The summed E-state index contributed by atoms with van der Waals surface area (Å²) in [5.74, 6) is 0.238. The molecule has 28 heavy (non-hydrogen) atoms. The van der Waals surface area contributed by atoms with Crippen molar-refractivity contribution in [3.05, 3.63) is 89.4 Å². The lowest BCUT2D eigenvalue weighted by Gasteiger charge is -2.42. The quantitative estimate of drug-likeness (QED) is 0.536. The summed E-state index contributed by atoms with van der Waals surface area (Å²) in [5, 5.41) is 2.26. The molecule has 4 aromatic rings. The van der Waals surface area contributed by atoms with Crippen LogP contribution in [0, 0.1) is 0 Å². The van der Waals surface area contributed by atoms with E-state index >= 15 is 0 Å². The van der Waals surface area contributed by atoms with E-state index in [0.29, 0.717) is 16.8 Å². The van der Waals surface area contributed by atoms with Gasteiger partial charge in [0.2, 0.25) is 0 Å².